The standard InChI is InChI=1S/C17H17N3O2/c18-17-19-14-10-12(7-9-16(21)22)6-8-15(14)20(17)11-13-4-2-1-3-5-13/h1-6,8,10H,7,9,11H2,(H2,18,19)(H,21,22). The minimum atomic E-state index is -0.797. The number of aromatic nitrogens is 2. The van der Waals surface area contributed by atoms with E-state index in [2.05, 4.69) is 4.98 Å². The molecule has 0 saturated heterocycles. The summed E-state index contributed by atoms with van der Waals surface area (Å²) in [6.07, 6.45) is 0.614. The van der Waals surface area contributed by atoms with Gasteiger partial charge < -0.3 is 15.4 Å². The van der Waals surface area contributed by atoms with Gasteiger partial charge in [-0.05, 0) is 29.7 Å². The second-order valence-corrected chi connectivity index (χ2v) is 5.26. The van der Waals surface area contributed by atoms with Gasteiger partial charge in [0, 0.05) is 6.42 Å². The zero-order valence-electron chi connectivity index (χ0n) is 12.1. The molecule has 3 rings (SSSR count). The fourth-order valence-corrected chi connectivity index (χ4v) is 2.53. The van der Waals surface area contributed by atoms with Crippen LogP contribution in [-0.4, -0.2) is 20.6 Å². The number of hydrogen-bond donors (Lipinski definition) is 2. The highest BCUT2D eigenvalue weighted by Crippen LogP contribution is 2.21. The van der Waals surface area contributed by atoms with Gasteiger partial charge in [0.15, 0.2) is 0 Å². The summed E-state index contributed by atoms with van der Waals surface area (Å²) in [6, 6.07) is 15.9. The van der Waals surface area contributed by atoms with Gasteiger partial charge in [-0.1, -0.05) is 36.4 Å². The molecular formula is C17H17N3O2. The molecule has 1 aromatic heterocycles. The van der Waals surface area contributed by atoms with Crippen LogP contribution >= 0.6 is 0 Å². The van der Waals surface area contributed by atoms with Crippen LogP contribution in [-0.2, 0) is 17.8 Å². The number of carboxylic acids is 1. The number of rotatable bonds is 5. The lowest BCUT2D eigenvalue weighted by atomic mass is 10.1. The summed E-state index contributed by atoms with van der Waals surface area (Å²) in [7, 11) is 0. The van der Waals surface area contributed by atoms with Crippen LogP contribution in [0.25, 0.3) is 11.0 Å². The Hall–Kier alpha value is -2.82. The van der Waals surface area contributed by atoms with E-state index in [1.54, 1.807) is 0 Å². The Balaban J connectivity index is 1.91. The highest BCUT2D eigenvalue weighted by atomic mass is 16.4. The molecule has 1 heterocycles. The maximum Gasteiger partial charge on any atom is 0.303 e. The summed E-state index contributed by atoms with van der Waals surface area (Å²) in [5, 5.41) is 8.76. The van der Waals surface area contributed by atoms with Gasteiger partial charge in [0.1, 0.15) is 0 Å². The maximum absolute atomic E-state index is 10.7. The van der Waals surface area contributed by atoms with E-state index in [0.717, 1.165) is 22.2 Å². The molecule has 0 radical (unpaired) electrons. The zero-order valence-corrected chi connectivity index (χ0v) is 12.1. The van der Waals surface area contributed by atoms with E-state index in [1.807, 2.05) is 53.1 Å². The van der Waals surface area contributed by atoms with Crippen LogP contribution < -0.4 is 5.73 Å². The number of carboxylic acid groups (broad SMARTS) is 1. The smallest absolute Gasteiger partial charge is 0.303 e. The molecule has 5 nitrogen and oxygen atoms in total. The number of hydrogen-bond acceptors (Lipinski definition) is 3. The first-order chi connectivity index (χ1) is 10.6. The van der Waals surface area contributed by atoms with Gasteiger partial charge in [0.2, 0.25) is 5.95 Å². The number of fused-ring (bicyclic) bond motifs is 1. The van der Waals surface area contributed by atoms with Crippen LogP contribution in [0.2, 0.25) is 0 Å². The molecular weight excluding hydrogens is 278 g/mol. The second-order valence-electron chi connectivity index (χ2n) is 5.26. The number of nitrogen functional groups attached to an aromatic ring is 1. The van der Waals surface area contributed by atoms with Crippen molar-refractivity contribution in [3.63, 3.8) is 0 Å². The van der Waals surface area contributed by atoms with Crippen molar-refractivity contribution in [1.29, 1.82) is 0 Å². The highest BCUT2D eigenvalue weighted by molar-refractivity contribution is 5.79. The minimum absolute atomic E-state index is 0.117. The monoisotopic (exact) mass is 295 g/mol. The normalized spacial score (nSPS) is 10.9. The predicted molar refractivity (Wildman–Crippen MR) is 85.6 cm³/mol. The number of nitrogens with two attached hydrogens (primary N) is 1. The molecule has 0 aliphatic heterocycles. The van der Waals surface area contributed by atoms with E-state index in [1.165, 1.54) is 0 Å². The number of aliphatic carboxylic acids is 1. The first-order valence-corrected chi connectivity index (χ1v) is 7.14. The first kappa shape index (κ1) is 14.1. The Bertz CT molecular complexity index is 809. The van der Waals surface area contributed by atoms with Crippen molar-refractivity contribution < 1.29 is 9.90 Å². The van der Waals surface area contributed by atoms with E-state index in [0.29, 0.717) is 18.9 Å². The molecule has 0 aliphatic rings. The molecule has 5 heteroatoms. The molecule has 0 amide bonds. The minimum Gasteiger partial charge on any atom is -0.481 e. The molecule has 0 bridgehead atoms. The molecule has 3 aromatic rings. The third-order valence-electron chi connectivity index (χ3n) is 3.65. The lowest BCUT2D eigenvalue weighted by Crippen LogP contribution is -2.04. The van der Waals surface area contributed by atoms with Crippen LogP contribution in [0.15, 0.2) is 48.5 Å². The highest BCUT2D eigenvalue weighted by Gasteiger charge is 2.10. The molecule has 0 atom stereocenters. The van der Waals surface area contributed by atoms with Crippen LogP contribution in [0.5, 0.6) is 0 Å². The van der Waals surface area contributed by atoms with Gasteiger partial charge in [0.05, 0.1) is 17.6 Å². The molecule has 3 N–H and O–H groups in total. The second kappa shape index (κ2) is 5.89. The maximum atomic E-state index is 10.7. The van der Waals surface area contributed by atoms with Crippen molar-refractivity contribution in [2.45, 2.75) is 19.4 Å². The summed E-state index contributed by atoms with van der Waals surface area (Å²) in [5.41, 5.74) is 9.91. The molecule has 2 aromatic carbocycles. The van der Waals surface area contributed by atoms with Gasteiger partial charge in [-0.3, -0.25) is 4.79 Å². The quantitative estimate of drug-likeness (QED) is 0.758. The summed E-state index contributed by atoms with van der Waals surface area (Å²) in [5.74, 6) is -0.330. The summed E-state index contributed by atoms with van der Waals surface area (Å²) in [4.78, 5) is 15.0. The van der Waals surface area contributed by atoms with Gasteiger partial charge in [-0.15, -0.1) is 0 Å². The fraction of sp³-hybridized carbons (Fsp3) is 0.176. The molecule has 22 heavy (non-hydrogen) atoms. The lowest BCUT2D eigenvalue weighted by Gasteiger charge is -2.07. The summed E-state index contributed by atoms with van der Waals surface area (Å²) in [6.45, 7) is 0.664. The van der Waals surface area contributed by atoms with Crippen LogP contribution in [0, 0.1) is 0 Å². The van der Waals surface area contributed by atoms with E-state index < -0.39 is 5.97 Å². The Morgan fingerprint density at radius 2 is 1.91 bits per heavy atom. The molecule has 0 fully saturated rings. The number of nitrogens with zero attached hydrogens (tertiary/aromatic N) is 2. The van der Waals surface area contributed by atoms with Crippen LogP contribution in [0.4, 0.5) is 5.95 Å². The van der Waals surface area contributed by atoms with Gasteiger partial charge in [-0.25, -0.2) is 4.98 Å². The summed E-state index contributed by atoms with van der Waals surface area (Å²) >= 11 is 0. The number of carbonyl (C=O) groups is 1. The molecule has 0 spiro atoms. The Kier molecular flexibility index (Phi) is 3.78. The zero-order chi connectivity index (χ0) is 15.5. The topological polar surface area (TPSA) is 81.1 Å². The number of aryl methyl sites for hydroxylation is 1. The van der Waals surface area contributed by atoms with Crippen molar-refractivity contribution in [1.82, 2.24) is 9.55 Å². The van der Waals surface area contributed by atoms with Crippen molar-refractivity contribution >= 4 is 23.0 Å². The van der Waals surface area contributed by atoms with E-state index in [-0.39, 0.29) is 6.42 Å². The average Bonchev–Trinajstić information content (AvgIpc) is 2.81. The largest absolute Gasteiger partial charge is 0.481 e. The van der Waals surface area contributed by atoms with Crippen molar-refractivity contribution in [2.75, 3.05) is 5.73 Å². The van der Waals surface area contributed by atoms with Gasteiger partial charge in [-0.2, -0.15) is 0 Å². The predicted octanol–water partition coefficient (Wildman–Crippen LogP) is 2.68. The number of imidazole rings is 1. The van der Waals surface area contributed by atoms with Crippen LogP contribution in [0.3, 0.4) is 0 Å². The third-order valence-corrected chi connectivity index (χ3v) is 3.65. The van der Waals surface area contributed by atoms with Crippen LogP contribution in [0.1, 0.15) is 17.5 Å². The first-order valence-electron chi connectivity index (χ1n) is 7.14. The third kappa shape index (κ3) is 2.93. The average molecular weight is 295 g/mol. The van der Waals surface area contributed by atoms with E-state index >= 15 is 0 Å². The number of benzene rings is 2. The van der Waals surface area contributed by atoms with Gasteiger partial charge >= 0.3 is 5.97 Å². The lowest BCUT2D eigenvalue weighted by molar-refractivity contribution is -0.136. The molecule has 112 valence electrons. The Labute approximate surface area is 128 Å². The van der Waals surface area contributed by atoms with E-state index in [4.69, 9.17) is 10.8 Å². The van der Waals surface area contributed by atoms with Gasteiger partial charge in [0.25, 0.3) is 0 Å². The SMILES string of the molecule is Nc1nc2cc(CCC(=O)O)ccc2n1Cc1ccccc1. The van der Waals surface area contributed by atoms with Crippen molar-refractivity contribution in [2.24, 2.45) is 0 Å². The fourth-order valence-electron chi connectivity index (χ4n) is 2.53. The Morgan fingerprint density at radius 1 is 1.14 bits per heavy atom. The molecule has 0 saturated carbocycles. The molecule has 0 unspecified atom stereocenters. The van der Waals surface area contributed by atoms with E-state index in [9.17, 15) is 4.79 Å². The summed E-state index contributed by atoms with van der Waals surface area (Å²) < 4.78 is 1.96. The molecule has 0 aliphatic carbocycles. The van der Waals surface area contributed by atoms with Crippen molar-refractivity contribution in [3.05, 3.63) is 59.7 Å². The van der Waals surface area contributed by atoms with Crippen molar-refractivity contribution in [3.8, 4) is 0 Å². The number of anilines is 1. The Morgan fingerprint density at radius 3 is 2.64 bits per heavy atom.